The van der Waals surface area contributed by atoms with Crippen LogP contribution in [0, 0.1) is 6.92 Å². The molecule has 0 fully saturated rings. The number of aliphatic hydroxyl groups is 1. The number of aromatic nitrogens is 2. The van der Waals surface area contributed by atoms with Gasteiger partial charge >= 0.3 is 0 Å². The van der Waals surface area contributed by atoms with Crippen molar-refractivity contribution >= 4 is 15.9 Å². The molecule has 2 rings (SSSR count). The Balaban J connectivity index is 2.19. The van der Waals surface area contributed by atoms with Gasteiger partial charge in [-0.1, -0.05) is 24.6 Å². The molecule has 20 heavy (non-hydrogen) atoms. The number of aryl methyl sites for hydroxylation is 3. The Morgan fingerprint density at radius 2 is 2.15 bits per heavy atom. The summed E-state index contributed by atoms with van der Waals surface area (Å²) in [6, 6.07) is 5.81. The molecule has 1 heterocycles. The molecule has 108 valence electrons. The molecule has 0 amide bonds. The van der Waals surface area contributed by atoms with Crippen molar-refractivity contribution < 1.29 is 9.84 Å². The van der Waals surface area contributed by atoms with E-state index >= 15 is 0 Å². The first-order valence-electron chi connectivity index (χ1n) is 6.60. The lowest BCUT2D eigenvalue weighted by Crippen LogP contribution is -2.05. The first kappa shape index (κ1) is 15.1. The molecular weight excluding hydrogens is 320 g/mol. The highest BCUT2D eigenvalue weighted by atomic mass is 79.9. The van der Waals surface area contributed by atoms with E-state index in [0.29, 0.717) is 12.4 Å². The smallest absolute Gasteiger partial charge is 0.131 e. The van der Waals surface area contributed by atoms with Gasteiger partial charge in [-0.3, -0.25) is 4.68 Å². The van der Waals surface area contributed by atoms with Gasteiger partial charge in [-0.05, 0) is 35.3 Å². The van der Waals surface area contributed by atoms with E-state index in [4.69, 9.17) is 4.74 Å². The maximum atomic E-state index is 9.38. The number of hydrogen-bond acceptors (Lipinski definition) is 3. The van der Waals surface area contributed by atoms with Crippen LogP contribution in [0.25, 0.3) is 0 Å². The van der Waals surface area contributed by atoms with E-state index in [0.717, 1.165) is 33.4 Å². The van der Waals surface area contributed by atoms with Gasteiger partial charge in [0.1, 0.15) is 12.4 Å². The summed E-state index contributed by atoms with van der Waals surface area (Å²) in [5.41, 5.74) is 3.93. The minimum absolute atomic E-state index is 0.0240. The zero-order chi connectivity index (χ0) is 14.7. The van der Waals surface area contributed by atoms with E-state index in [1.807, 2.05) is 36.9 Å². The third-order valence-corrected chi connectivity index (χ3v) is 4.17. The number of rotatable bonds is 5. The van der Waals surface area contributed by atoms with Gasteiger partial charge in [0, 0.05) is 12.6 Å². The highest BCUT2D eigenvalue weighted by molar-refractivity contribution is 9.10. The number of halogens is 1. The van der Waals surface area contributed by atoms with E-state index in [9.17, 15) is 5.11 Å². The lowest BCUT2D eigenvalue weighted by molar-refractivity contribution is 0.255. The average molecular weight is 339 g/mol. The quantitative estimate of drug-likeness (QED) is 0.910. The third kappa shape index (κ3) is 3.04. The van der Waals surface area contributed by atoms with Gasteiger partial charge in [0.2, 0.25) is 0 Å². The van der Waals surface area contributed by atoms with E-state index in [1.54, 1.807) is 0 Å². The highest BCUT2D eigenvalue weighted by Crippen LogP contribution is 2.25. The fourth-order valence-corrected chi connectivity index (χ4v) is 2.83. The Bertz CT molecular complexity index is 608. The van der Waals surface area contributed by atoms with Gasteiger partial charge in [0.25, 0.3) is 0 Å². The molecular formula is C15H19BrN2O2. The van der Waals surface area contributed by atoms with Crippen molar-refractivity contribution in [2.24, 2.45) is 7.05 Å². The molecule has 0 bridgehead atoms. The van der Waals surface area contributed by atoms with Crippen LogP contribution in [0.2, 0.25) is 0 Å². The molecule has 5 heteroatoms. The van der Waals surface area contributed by atoms with E-state index in [2.05, 4.69) is 28.0 Å². The molecule has 2 aromatic rings. The van der Waals surface area contributed by atoms with Gasteiger partial charge in [-0.25, -0.2) is 0 Å². The summed E-state index contributed by atoms with van der Waals surface area (Å²) >= 11 is 3.57. The number of hydrogen-bond donors (Lipinski definition) is 1. The molecule has 0 spiro atoms. The largest absolute Gasteiger partial charge is 0.487 e. The highest BCUT2D eigenvalue weighted by Gasteiger charge is 2.13. The van der Waals surface area contributed by atoms with Crippen molar-refractivity contribution in [2.75, 3.05) is 0 Å². The fourth-order valence-electron chi connectivity index (χ4n) is 2.10. The van der Waals surface area contributed by atoms with Crippen LogP contribution in [0.15, 0.2) is 22.7 Å². The van der Waals surface area contributed by atoms with Crippen LogP contribution in [0.1, 0.15) is 29.4 Å². The Labute approximate surface area is 127 Å². The second-order valence-corrected chi connectivity index (χ2v) is 5.54. The zero-order valence-electron chi connectivity index (χ0n) is 12.0. The second-order valence-electron chi connectivity index (χ2n) is 4.74. The van der Waals surface area contributed by atoms with Crippen molar-refractivity contribution in [3.05, 3.63) is 45.2 Å². The standard InChI is InChI=1S/C15H19BrN2O2/c1-4-12-15(16)13(18(3)17-12)9-20-14-6-5-10(2)7-11(14)8-19/h5-7,19H,4,8-9H2,1-3H3. The van der Waals surface area contributed by atoms with Gasteiger partial charge in [-0.2, -0.15) is 5.10 Å². The van der Waals surface area contributed by atoms with Crippen LogP contribution in [0.5, 0.6) is 5.75 Å². The third-order valence-electron chi connectivity index (χ3n) is 3.25. The van der Waals surface area contributed by atoms with E-state index < -0.39 is 0 Å². The summed E-state index contributed by atoms with van der Waals surface area (Å²) in [4.78, 5) is 0. The second kappa shape index (κ2) is 6.41. The van der Waals surface area contributed by atoms with Crippen LogP contribution in [-0.2, 0) is 26.7 Å². The summed E-state index contributed by atoms with van der Waals surface area (Å²) in [5.74, 6) is 0.712. The number of nitrogens with zero attached hydrogens (tertiary/aromatic N) is 2. The summed E-state index contributed by atoms with van der Waals surface area (Å²) in [6.45, 7) is 4.46. The Morgan fingerprint density at radius 3 is 2.75 bits per heavy atom. The molecule has 0 atom stereocenters. The maximum absolute atomic E-state index is 9.38. The summed E-state index contributed by atoms with van der Waals surface area (Å²) < 4.78 is 8.67. The molecule has 1 aromatic carbocycles. The van der Waals surface area contributed by atoms with Crippen LogP contribution in [0.3, 0.4) is 0 Å². The van der Waals surface area contributed by atoms with Crippen molar-refractivity contribution in [1.82, 2.24) is 9.78 Å². The minimum Gasteiger partial charge on any atom is -0.487 e. The van der Waals surface area contributed by atoms with E-state index in [-0.39, 0.29) is 6.61 Å². The van der Waals surface area contributed by atoms with Crippen LogP contribution < -0.4 is 4.74 Å². The predicted molar refractivity (Wildman–Crippen MR) is 81.7 cm³/mol. The first-order chi connectivity index (χ1) is 9.56. The molecule has 0 saturated carbocycles. The van der Waals surface area contributed by atoms with Crippen LogP contribution in [-0.4, -0.2) is 14.9 Å². The average Bonchev–Trinajstić information content (AvgIpc) is 2.72. The Morgan fingerprint density at radius 1 is 1.40 bits per heavy atom. The fraction of sp³-hybridized carbons (Fsp3) is 0.400. The minimum atomic E-state index is -0.0240. The summed E-state index contributed by atoms with van der Waals surface area (Å²) in [7, 11) is 1.91. The van der Waals surface area contributed by atoms with Gasteiger partial charge < -0.3 is 9.84 Å². The number of benzene rings is 1. The molecule has 0 unspecified atom stereocenters. The normalized spacial score (nSPS) is 10.8. The number of ether oxygens (including phenoxy) is 1. The lowest BCUT2D eigenvalue weighted by atomic mass is 10.1. The summed E-state index contributed by atoms with van der Waals surface area (Å²) in [6.07, 6.45) is 0.876. The van der Waals surface area contributed by atoms with Crippen LogP contribution in [0.4, 0.5) is 0 Å². The molecule has 4 nitrogen and oxygen atoms in total. The van der Waals surface area contributed by atoms with Crippen molar-refractivity contribution in [3.8, 4) is 5.75 Å². The first-order valence-corrected chi connectivity index (χ1v) is 7.39. The summed E-state index contributed by atoms with van der Waals surface area (Å²) in [5, 5.41) is 13.8. The van der Waals surface area contributed by atoms with Gasteiger partial charge in [0.05, 0.1) is 22.5 Å². The SMILES string of the molecule is CCc1nn(C)c(COc2ccc(C)cc2CO)c1Br. The Hall–Kier alpha value is -1.33. The van der Waals surface area contributed by atoms with Gasteiger partial charge in [0.15, 0.2) is 0 Å². The topological polar surface area (TPSA) is 47.3 Å². The molecule has 1 N–H and O–H groups in total. The van der Waals surface area contributed by atoms with E-state index in [1.165, 1.54) is 0 Å². The van der Waals surface area contributed by atoms with Crippen molar-refractivity contribution in [3.63, 3.8) is 0 Å². The molecule has 0 aliphatic rings. The molecule has 0 radical (unpaired) electrons. The van der Waals surface area contributed by atoms with Crippen LogP contribution >= 0.6 is 15.9 Å². The predicted octanol–water partition coefficient (Wildman–Crippen LogP) is 3.12. The monoisotopic (exact) mass is 338 g/mol. The maximum Gasteiger partial charge on any atom is 0.131 e. The zero-order valence-corrected chi connectivity index (χ0v) is 13.6. The molecule has 0 aliphatic heterocycles. The lowest BCUT2D eigenvalue weighted by Gasteiger charge is -2.11. The molecule has 1 aromatic heterocycles. The molecule has 0 aliphatic carbocycles. The van der Waals surface area contributed by atoms with Gasteiger partial charge in [-0.15, -0.1) is 0 Å². The Kier molecular flexibility index (Phi) is 4.83. The number of aliphatic hydroxyl groups excluding tert-OH is 1. The van der Waals surface area contributed by atoms with Crippen molar-refractivity contribution in [1.29, 1.82) is 0 Å². The molecule has 0 saturated heterocycles. The van der Waals surface area contributed by atoms with Crippen molar-refractivity contribution in [2.45, 2.75) is 33.5 Å².